The number of ether oxygens (including phenoxy) is 2. The van der Waals surface area contributed by atoms with E-state index in [1.807, 2.05) is 6.92 Å². The molecule has 0 unspecified atom stereocenters. The maximum Gasteiger partial charge on any atom is 0.374 e. The van der Waals surface area contributed by atoms with Gasteiger partial charge < -0.3 is 19.6 Å². The number of esters is 1. The van der Waals surface area contributed by atoms with Crippen LogP contribution in [0, 0.1) is 0 Å². The molecule has 0 aliphatic rings. The summed E-state index contributed by atoms with van der Waals surface area (Å²) < 4.78 is 15.6. The van der Waals surface area contributed by atoms with Crippen LogP contribution in [0.2, 0.25) is 0 Å². The minimum atomic E-state index is -0.466. The monoisotopic (exact) mass is 263 g/mol. The second-order valence-electron chi connectivity index (χ2n) is 4.09. The molecule has 0 fully saturated rings. The Labute approximate surface area is 111 Å². The van der Waals surface area contributed by atoms with E-state index >= 15 is 0 Å². The number of nitrogens with two attached hydrogens (primary N) is 1. The molecule has 0 saturated heterocycles. The summed E-state index contributed by atoms with van der Waals surface area (Å²) in [5.74, 6) is -0.275. The lowest BCUT2D eigenvalue weighted by molar-refractivity contribution is 0.0420. The highest BCUT2D eigenvalue weighted by Gasteiger charge is 2.13. The number of anilines is 1. The molecule has 19 heavy (non-hydrogen) atoms. The zero-order chi connectivity index (χ0) is 13.7. The first-order valence-corrected chi connectivity index (χ1v) is 6.24. The Balaban J connectivity index is 1.94. The van der Waals surface area contributed by atoms with E-state index in [1.165, 1.54) is 0 Å². The number of benzene rings is 1. The Morgan fingerprint density at radius 1 is 1.32 bits per heavy atom. The number of rotatable bonds is 6. The standard InChI is InChI=1S/C14H17NO4/c1-2-17-6-3-7-18-14(16)13-9-10-8-11(15)4-5-12(10)19-13/h4-5,8-9H,2-3,6-7,15H2,1H3. The predicted octanol–water partition coefficient (Wildman–Crippen LogP) is 2.60. The summed E-state index contributed by atoms with van der Waals surface area (Å²) in [6.45, 7) is 3.49. The highest BCUT2D eigenvalue weighted by Crippen LogP contribution is 2.22. The molecule has 0 atom stereocenters. The summed E-state index contributed by atoms with van der Waals surface area (Å²) in [5, 5.41) is 0.793. The van der Waals surface area contributed by atoms with Gasteiger partial charge in [0, 0.05) is 30.7 Å². The Bertz CT molecular complexity index is 562. The largest absolute Gasteiger partial charge is 0.460 e. The van der Waals surface area contributed by atoms with Crippen molar-refractivity contribution in [3.63, 3.8) is 0 Å². The van der Waals surface area contributed by atoms with E-state index in [2.05, 4.69) is 0 Å². The fourth-order valence-corrected chi connectivity index (χ4v) is 1.70. The molecule has 5 nitrogen and oxygen atoms in total. The van der Waals surface area contributed by atoms with Gasteiger partial charge >= 0.3 is 5.97 Å². The van der Waals surface area contributed by atoms with E-state index in [0.29, 0.717) is 37.5 Å². The Kier molecular flexibility index (Phi) is 4.41. The smallest absolute Gasteiger partial charge is 0.374 e. The third-order valence-corrected chi connectivity index (χ3v) is 2.61. The molecule has 1 aromatic heterocycles. The molecule has 2 aromatic rings. The molecule has 0 saturated carbocycles. The van der Waals surface area contributed by atoms with Crippen LogP contribution in [0.4, 0.5) is 5.69 Å². The molecule has 0 aliphatic heterocycles. The first-order chi connectivity index (χ1) is 9.20. The van der Waals surface area contributed by atoms with Crippen LogP contribution in [-0.2, 0) is 9.47 Å². The number of nitrogen functional groups attached to an aromatic ring is 1. The van der Waals surface area contributed by atoms with E-state index in [4.69, 9.17) is 19.6 Å². The zero-order valence-electron chi connectivity index (χ0n) is 10.8. The third kappa shape index (κ3) is 3.48. The number of hydrogen-bond acceptors (Lipinski definition) is 5. The van der Waals surface area contributed by atoms with Crippen molar-refractivity contribution in [2.75, 3.05) is 25.6 Å². The van der Waals surface area contributed by atoms with Crippen LogP contribution in [-0.4, -0.2) is 25.8 Å². The summed E-state index contributed by atoms with van der Waals surface area (Å²) in [5.41, 5.74) is 6.91. The van der Waals surface area contributed by atoms with Crippen molar-refractivity contribution >= 4 is 22.6 Å². The molecule has 2 rings (SSSR count). The maximum absolute atomic E-state index is 11.7. The number of furan rings is 1. The minimum absolute atomic E-state index is 0.192. The van der Waals surface area contributed by atoms with Crippen LogP contribution < -0.4 is 5.73 Å². The number of fused-ring (bicyclic) bond motifs is 1. The summed E-state index contributed by atoms with van der Waals surface area (Å²) in [6.07, 6.45) is 0.673. The topological polar surface area (TPSA) is 74.7 Å². The third-order valence-electron chi connectivity index (χ3n) is 2.61. The second-order valence-corrected chi connectivity index (χ2v) is 4.09. The lowest BCUT2D eigenvalue weighted by atomic mass is 10.2. The van der Waals surface area contributed by atoms with Crippen molar-refractivity contribution in [2.24, 2.45) is 0 Å². The van der Waals surface area contributed by atoms with Gasteiger partial charge in [-0.1, -0.05) is 0 Å². The van der Waals surface area contributed by atoms with Crippen molar-refractivity contribution in [3.8, 4) is 0 Å². The van der Waals surface area contributed by atoms with Crippen LogP contribution in [0.3, 0.4) is 0 Å². The second kappa shape index (κ2) is 6.24. The molecule has 0 aliphatic carbocycles. The highest BCUT2D eigenvalue weighted by molar-refractivity contribution is 5.93. The van der Waals surface area contributed by atoms with Gasteiger partial charge in [-0.05, 0) is 31.2 Å². The van der Waals surface area contributed by atoms with E-state index in [0.717, 1.165) is 5.39 Å². The molecule has 1 aromatic carbocycles. The molecule has 1 heterocycles. The zero-order valence-corrected chi connectivity index (χ0v) is 10.8. The summed E-state index contributed by atoms with van der Waals surface area (Å²) >= 11 is 0. The van der Waals surface area contributed by atoms with Gasteiger partial charge in [0.05, 0.1) is 6.61 Å². The van der Waals surface area contributed by atoms with Gasteiger partial charge in [0.1, 0.15) is 5.58 Å². The number of carbonyl (C=O) groups excluding carboxylic acids is 1. The van der Waals surface area contributed by atoms with Gasteiger partial charge in [0.25, 0.3) is 0 Å². The summed E-state index contributed by atoms with van der Waals surface area (Å²) in [7, 11) is 0. The van der Waals surface area contributed by atoms with Gasteiger partial charge in [-0.3, -0.25) is 0 Å². The average molecular weight is 263 g/mol. The minimum Gasteiger partial charge on any atom is -0.460 e. The van der Waals surface area contributed by atoms with Gasteiger partial charge in [0.2, 0.25) is 5.76 Å². The number of carbonyl (C=O) groups is 1. The van der Waals surface area contributed by atoms with Crippen molar-refractivity contribution in [2.45, 2.75) is 13.3 Å². The van der Waals surface area contributed by atoms with Crippen LogP contribution in [0.15, 0.2) is 28.7 Å². The molecular weight excluding hydrogens is 246 g/mol. The Hall–Kier alpha value is -2.01. The van der Waals surface area contributed by atoms with Crippen LogP contribution >= 0.6 is 0 Å². The molecule has 2 N–H and O–H groups in total. The Morgan fingerprint density at radius 2 is 2.16 bits per heavy atom. The first-order valence-electron chi connectivity index (χ1n) is 6.24. The van der Waals surface area contributed by atoms with E-state index in [1.54, 1.807) is 24.3 Å². The lowest BCUT2D eigenvalue weighted by Crippen LogP contribution is -2.07. The molecule has 0 radical (unpaired) electrons. The van der Waals surface area contributed by atoms with Crippen LogP contribution in [0.5, 0.6) is 0 Å². The lowest BCUT2D eigenvalue weighted by Gasteiger charge is -2.02. The molecule has 0 amide bonds. The van der Waals surface area contributed by atoms with Crippen molar-refractivity contribution in [1.29, 1.82) is 0 Å². The highest BCUT2D eigenvalue weighted by atomic mass is 16.5. The van der Waals surface area contributed by atoms with Gasteiger partial charge in [-0.2, -0.15) is 0 Å². The van der Waals surface area contributed by atoms with Crippen LogP contribution in [0.1, 0.15) is 23.9 Å². The SMILES string of the molecule is CCOCCCOC(=O)c1cc2cc(N)ccc2o1. The molecule has 0 spiro atoms. The predicted molar refractivity (Wildman–Crippen MR) is 72.0 cm³/mol. The van der Waals surface area contributed by atoms with E-state index in [-0.39, 0.29) is 5.76 Å². The van der Waals surface area contributed by atoms with Crippen molar-refractivity contribution in [1.82, 2.24) is 0 Å². The summed E-state index contributed by atoms with van der Waals surface area (Å²) in [4.78, 5) is 11.7. The summed E-state index contributed by atoms with van der Waals surface area (Å²) in [6, 6.07) is 6.85. The maximum atomic E-state index is 11.7. The van der Waals surface area contributed by atoms with Gasteiger partial charge in [-0.15, -0.1) is 0 Å². The first kappa shape index (κ1) is 13.4. The van der Waals surface area contributed by atoms with Gasteiger partial charge in [0.15, 0.2) is 0 Å². The molecule has 5 heteroatoms. The number of hydrogen-bond donors (Lipinski definition) is 1. The molecular formula is C14H17NO4. The van der Waals surface area contributed by atoms with E-state index < -0.39 is 5.97 Å². The Morgan fingerprint density at radius 3 is 2.95 bits per heavy atom. The average Bonchev–Trinajstić information content (AvgIpc) is 2.81. The molecule has 102 valence electrons. The van der Waals surface area contributed by atoms with Crippen LogP contribution in [0.25, 0.3) is 11.0 Å². The fourth-order valence-electron chi connectivity index (χ4n) is 1.70. The quantitative estimate of drug-likeness (QED) is 0.492. The fraction of sp³-hybridized carbons (Fsp3) is 0.357. The molecule has 0 bridgehead atoms. The van der Waals surface area contributed by atoms with E-state index in [9.17, 15) is 4.79 Å². The van der Waals surface area contributed by atoms with Crippen molar-refractivity contribution < 1.29 is 18.7 Å². The van der Waals surface area contributed by atoms with Crippen molar-refractivity contribution in [3.05, 3.63) is 30.0 Å². The van der Waals surface area contributed by atoms with Gasteiger partial charge in [-0.25, -0.2) is 4.79 Å². The normalized spacial score (nSPS) is 10.8.